The number of carbonyl (C=O) groups is 2. The van der Waals surface area contributed by atoms with Crippen molar-refractivity contribution in [3.05, 3.63) is 29.8 Å². The summed E-state index contributed by atoms with van der Waals surface area (Å²) in [6, 6.07) is 6.99. The van der Waals surface area contributed by atoms with Gasteiger partial charge in [-0.1, -0.05) is 36.4 Å². The molecule has 1 aromatic heterocycles. The normalized spacial score (nSPS) is 10.4. The van der Waals surface area contributed by atoms with E-state index in [0.717, 1.165) is 12.8 Å². The van der Waals surface area contributed by atoms with E-state index in [1.54, 1.807) is 31.4 Å². The molecule has 1 N–H and O–H groups in total. The van der Waals surface area contributed by atoms with Gasteiger partial charge < -0.3 is 10.1 Å². The molecule has 0 bridgehead atoms. The van der Waals surface area contributed by atoms with Crippen LogP contribution in [0.15, 0.2) is 28.6 Å². The molecule has 0 fully saturated rings. The molecule has 0 radical (unpaired) electrons. The van der Waals surface area contributed by atoms with Crippen LogP contribution in [0.4, 0.5) is 5.13 Å². The highest BCUT2D eigenvalue weighted by atomic mass is 32.2. The number of unbranched alkanes of at least 4 members (excludes halogenated alkanes) is 1. The number of rotatable bonds is 9. The zero-order valence-electron chi connectivity index (χ0n) is 13.6. The molecular formula is C16H19N3O3S2. The van der Waals surface area contributed by atoms with Crippen molar-refractivity contribution in [2.75, 3.05) is 18.2 Å². The van der Waals surface area contributed by atoms with Crippen LogP contribution in [-0.4, -0.2) is 34.8 Å². The van der Waals surface area contributed by atoms with Gasteiger partial charge >= 0.3 is 0 Å². The number of nitrogens with zero attached hydrogens (tertiary/aromatic N) is 2. The van der Waals surface area contributed by atoms with Gasteiger partial charge in [-0.25, -0.2) is 0 Å². The Labute approximate surface area is 149 Å². The number of thioether (sulfide) groups is 1. The Balaban J connectivity index is 1.83. The molecule has 2 rings (SSSR count). The minimum absolute atomic E-state index is 0.00591. The summed E-state index contributed by atoms with van der Waals surface area (Å²) in [6.45, 7) is 2.03. The maximum Gasteiger partial charge on any atom is 0.226 e. The van der Waals surface area contributed by atoms with Gasteiger partial charge in [0.2, 0.25) is 11.0 Å². The number of Topliss-reactive ketones (excluding diaryl/α,β-unsaturated/α-hetero) is 1. The molecule has 2 aromatic rings. The number of nitrogens with one attached hydrogen (secondary N) is 1. The first kappa shape index (κ1) is 18.4. The van der Waals surface area contributed by atoms with E-state index in [2.05, 4.69) is 15.5 Å². The van der Waals surface area contributed by atoms with Crippen LogP contribution in [0.5, 0.6) is 5.75 Å². The highest BCUT2D eigenvalue weighted by molar-refractivity contribution is 8.01. The van der Waals surface area contributed by atoms with Crippen LogP contribution in [0.25, 0.3) is 0 Å². The van der Waals surface area contributed by atoms with Crippen molar-refractivity contribution in [1.29, 1.82) is 0 Å². The number of hydrogen-bond donors (Lipinski definition) is 1. The second kappa shape index (κ2) is 9.39. The summed E-state index contributed by atoms with van der Waals surface area (Å²) < 4.78 is 5.72. The average molecular weight is 365 g/mol. The van der Waals surface area contributed by atoms with E-state index in [-0.39, 0.29) is 17.4 Å². The number of amides is 1. The van der Waals surface area contributed by atoms with Crippen LogP contribution >= 0.6 is 23.1 Å². The monoisotopic (exact) mass is 365 g/mol. The lowest BCUT2D eigenvalue weighted by molar-refractivity contribution is -0.116. The summed E-state index contributed by atoms with van der Waals surface area (Å²) in [4.78, 5) is 23.8. The van der Waals surface area contributed by atoms with Crippen molar-refractivity contribution < 1.29 is 14.3 Å². The summed E-state index contributed by atoms with van der Waals surface area (Å²) in [6.07, 6.45) is 2.30. The maximum absolute atomic E-state index is 12.1. The van der Waals surface area contributed by atoms with E-state index < -0.39 is 0 Å². The molecule has 1 aromatic carbocycles. The smallest absolute Gasteiger partial charge is 0.226 e. The molecule has 1 heterocycles. The molecule has 8 heteroatoms. The zero-order valence-corrected chi connectivity index (χ0v) is 15.2. The molecule has 0 aliphatic carbocycles. The van der Waals surface area contributed by atoms with Gasteiger partial charge in [0.25, 0.3) is 0 Å². The number of methoxy groups -OCH3 is 1. The van der Waals surface area contributed by atoms with Gasteiger partial charge in [-0.05, 0) is 30.7 Å². The Morgan fingerprint density at radius 3 is 2.67 bits per heavy atom. The Kier molecular flexibility index (Phi) is 7.20. The molecule has 0 saturated heterocycles. The third-order valence-corrected chi connectivity index (χ3v) is 5.12. The molecule has 0 spiro atoms. The van der Waals surface area contributed by atoms with Crippen LogP contribution < -0.4 is 10.1 Å². The molecule has 0 saturated carbocycles. The predicted octanol–water partition coefficient (Wildman–Crippen LogP) is 3.65. The number of carbonyl (C=O) groups excluding carboxylic acids is 2. The number of ketones is 1. The standard InChI is InChI=1S/C16H19N3O3S2/c1-3-4-5-14(21)17-15-18-19-16(24-15)23-10-13(20)11-6-8-12(22-2)9-7-11/h6-9H,3-5,10H2,1-2H3,(H,17,18,21). The van der Waals surface area contributed by atoms with Crippen LogP contribution in [-0.2, 0) is 4.79 Å². The van der Waals surface area contributed by atoms with E-state index in [1.165, 1.54) is 23.1 Å². The molecule has 0 atom stereocenters. The third kappa shape index (κ3) is 5.61. The lowest BCUT2D eigenvalue weighted by atomic mass is 10.1. The topological polar surface area (TPSA) is 81.2 Å². The van der Waals surface area contributed by atoms with Gasteiger partial charge in [-0.3, -0.25) is 9.59 Å². The first-order chi connectivity index (χ1) is 11.6. The SMILES string of the molecule is CCCCC(=O)Nc1nnc(SCC(=O)c2ccc(OC)cc2)s1. The maximum atomic E-state index is 12.1. The summed E-state index contributed by atoms with van der Waals surface area (Å²) in [5.74, 6) is 0.933. The first-order valence-electron chi connectivity index (χ1n) is 7.55. The number of benzene rings is 1. The Morgan fingerprint density at radius 2 is 2.00 bits per heavy atom. The van der Waals surface area contributed by atoms with E-state index in [4.69, 9.17) is 4.74 Å². The molecular weight excluding hydrogens is 346 g/mol. The molecule has 0 unspecified atom stereocenters. The number of anilines is 1. The van der Waals surface area contributed by atoms with Crippen molar-refractivity contribution in [1.82, 2.24) is 10.2 Å². The highest BCUT2D eigenvalue weighted by Crippen LogP contribution is 2.26. The minimum atomic E-state index is -0.0566. The van der Waals surface area contributed by atoms with Crippen molar-refractivity contribution in [2.24, 2.45) is 0 Å². The first-order valence-corrected chi connectivity index (χ1v) is 9.36. The Hall–Kier alpha value is -1.93. The molecule has 24 heavy (non-hydrogen) atoms. The van der Waals surface area contributed by atoms with Crippen LogP contribution in [0.2, 0.25) is 0 Å². The lowest BCUT2D eigenvalue weighted by Crippen LogP contribution is -2.10. The minimum Gasteiger partial charge on any atom is -0.497 e. The second-order valence-corrected chi connectivity index (χ2v) is 7.17. The van der Waals surface area contributed by atoms with Crippen molar-refractivity contribution in [3.8, 4) is 5.75 Å². The highest BCUT2D eigenvalue weighted by Gasteiger charge is 2.11. The summed E-state index contributed by atoms with van der Waals surface area (Å²) in [5, 5.41) is 11.1. The fraction of sp³-hybridized carbons (Fsp3) is 0.375. The Morgan fingerprint density at radius 1 is 1.25 bits per heavy atom. The van der Waals surface area contributed by atoms with Gasteiger partial charge in [-0.2, -0.15) is 0 Å². The lowest BCUT2D eigenvalue weighted by Gasteiger charge is -2.02. The van der Waals surface area contributed by atoms with E-state index in [9.17, 15) is 9.59 Å². The van der Waals surface area contributed by atoms with E-state index in [0.29, 0.717) is 27.2 Å². The molecule has 0 aliphatic heterocycles. The second-order valence-electron chi connectivity index (χ2n) is 4.97. The van der Waals surface area contributed by atoms with Crippen LogP contribution in [0.1, 0.15) is 36.5 Å². The molecule has 1 amide bonds. The van der Waals surface area contributed by atoms with Crippen LogP contribution in [0.3, 0.4) is 0 Å². The fourth-order valence-electron chi connectivity index (χ4n) is 1.83. The number of ether oxygens (including phenoxy) is 1. The van der Waals surface area contributed by atoms with Gasteiger partial charge in [-0.15, -0.1) is 10.2 Å². The molecule has 128 valence electrons. The largest absolute Gasteiger partial charge is 0.497 e. The van der Waals surface area contributed by atoms with Gasteiger partial charge in [0.1, 0.15) is 5.75 Å². The van der Waals surface area contributed by atoms with Gasteiger partial charge in [0.15, 0.2) is 10.1 Å². The average Bonchev–Trinajstić information content (AvgIpc) is 3.05. The number of hydrogen-bond acceptors (Lipinski definition) is 7. The third-order valence-electron chi connectivity index (χ3n) is 3.15. The molecule has 6 nitrogen and oxygen atoms in total. The fourth-order valence-corrected chi connectivity index (χ4v) is 3.49. The summed E-state index contributed by atoms with van der Waals surface area (Å²) in [7, 11) is 1.58. The van der Waals surface area contributed by atoms with Crippen molar-refractivity contribution >= 4 is 39.9 Å². The van der Waals surface area contributed by atoms with E-state index >= 15 is 0 Å². The summed E-state index contributed by atoms with van der Waals surface area (Å²) >= 11 is 2.59. The van der Waals surface area contributed by atoms with Crippen LogP contribution in [0, 0.1) is 0 Å². The predicted molar refractivity (Wildman–Crippen MR) is 96.1 cm³/mol. The zero-order chi connectivity index (χ0) is 17.4. The quantitative estimate of drug-likeness (QED) is 0.415. The number of aromatic nitrogens is 2. The summed E-state index contributed by atoms with van der Waals surface area (Å²) in [5.41, 5.74) is 0.626. The molecule has 0 aliphatic rings. The van der Waals surface area contributed by atoms with Crippen molar-refractivity contribution in [2.45, 2.75) is 30.5 Å². The van der Waals surface area contributed by atoms with Crippen molar-refractivity contribution in [3.63, 3.8) is 0 Å². The van der Waals surface area contributed by atoms with Gasteiger partial charge in [0, 0.05) is 12.0 Å². The Bertz CT molecular complexity index is 686. The van der Waals surface area contributed by atoms with Gasteiger partial charge in [0.05, 0.1) is 12.9 Å². The van der Waals surface area contributed by atoms with E-state index in [1.807, 2.05) is 6.92 Å².